The first-order valence-corrected chi connectivity index (χ1v) is 10.9. The predicted octanol–water partition coefficient (Wildman–Crippen LogP) is 4.81. The van der Waals surface area contributed by atoms with E-state index in [9.17, 15) is 14.7 Å². The number of rotatable bonds is 6. The normalized spacial score (nSPS) is 18.0. The van der Waals surface area contributed by atoms with Gasteiger partial charge < -0.3 is 14.6 Å². The fourth-order valence-electron chi connectivity index (χ4n) is 3.74. The summed E-state index contributed by atoms with van der Waals surface area (Å²) in [6.07, 6.45) is 5.84. The topological polar surface area (TPSA) is 75.4 Å². The van der Waals surface area contributed by atoms with Gasteiger partial charge in [0.25, 0.3) is 11.7 Å². The molecule has 1 aromatic heterocycles. The molecule has 2 aromatic carbocycles. The summed E-state index contributed by atoms with van der Waals surface area (Å²) in [6.45, 7) is 0.973. The van der Waals surface area contributed by atoms with E-state index in [0.29, 0.717) is 35.7 Å². The quantitative estimate of drug-likeness (QED) is 0.299. The van der Waals surface area contributed by atoms with E-state index in [4.69, 9.17) is 11.6 Å². The van der Waals surface area contributed by atoms with Crippen LogP contribution in [0.15, 0.2) is 77.3 Å². The maximum absolute atomic E-state index is 13.0. The van der Waals surface area contributed by atoms with Crippen molar-refractivity contribution in [1.82, 2.24) is 14.5 Å². The minimum Gasteiger partial charge on any atom is -0.507 e. The molecule has 8 heteroatoms. The van der Waals surface area contributed by atoms with E-state index in [0.717, 1.165) is 4.47 Å². The number of halogens is 2. The molecule has 0 bridgehead atoms. The first kappa shape index (κ1) is 21.3. The number of nitrogens with zero attached hydrogens (tertiary/aromatic N) is 3. The molecule has 158 valence electrons. The molecule has 4 rings (SSSR count). The summed E-state index contributed by atoms with van der Waals surface area (Å²) in [5, 5.41) is 11.5. The SMILES string of the molecule is O=C1C(=O)N(CCCn2ccnc2)[C@@H](c2ccccc2Cl)C1=C(O)c1ccc(Br)cc1. The molecule has 1 fully saturated rings. The molecule has 0 saturated carbocycles. The van der Waals surface area contributed by atoms with Crippen LogP contribution >= 0.6 is 27.5 Å². The third-order valence-electron chi connectivity index (χ3n) is 5.23. The molecule has 1 atom stereocenters. The molecule has 1 saturated heterocycles. The molecule has 0 unspecified atom stereocenters. The summed E-state index contributed by atoms with van der Waals surface area (Å²) >= 11 is 9.81. The fraction of sp³-hybridized carbons (Fsp3) is 0.174. The van der Waals surface area contributed by atoms with Crippen LogP contribution in [0, 0.1) is 0 Å². The second-order valence-electron chi connectivity index (χ2n) is 7.17. The Balaban J connectivity index is 1.75. The van der Waals surface area contributed by atoms with Gasteiger partial charge in [-0.1, -0.05) is 57.9 Å². The van der Waals surface area contributed by atoms with Crippen molar-refractivity contribution in [2.24, 2.45) is 0 Å². The number of benzene rings is 2. The smallest absolute Gasteiger partial charge is 0.295 e. The second-order valence-corrected chi connectivity index (χ2v) is 8.50. The van der Waals surface area contributed by atoms with Crippen molar-refractivity contribution in [3.05, 3.63) is 93.4 Å². The maximum Gasteiger partial charge on any atom is 0.295 e. The van der Waals surface area contributed by atoms with Crippen LogP contribution in [0.1, 0.15) is 23.6 Å². The van der Waals surface area contributed by atoms with Crippen LogP contribution in [0.2, 0.25) is 5.02 Å². The number of aliphatic hydroxyl groups is 1. The molecule has 0 spiro atoms. The van der Waals surface area contributed by atoms with Gasteiger partial charge >= 0.3 is 0 Å². The highest BCUT2D eigenvalue weighted by molar-refractivity contribution is 9.10. The highest BCUT2D eigenvalue weighted by atomic mass is 79.9. The number of carbonyl (C=O) groups is 2. The van der Waals surface area contributed by atoms with E-state index in [1.165, 1.54) is 4.90 Å². The standard InChI is InChI=1S/C23H19BrClN3O3/c24-16-8-6-15(7-9-16)21(29)19-20(17-4-1-2-5-18(17)25)28(23(31)22(19)30)12-3-11-27-13-10-26-14-27/h1-2,4-10,13-14,20,29H,3,11-12H2/t20-/m0/s1. The fourth-order valence-corrected chi connectivity index (χ4v) is 4.24. The molecule has 31 heavy (non-hydrogen) atoms. The van der Waals surface area contributed by atoms with E-state index in [-0.39, 0.29) is 11.3 Å². The predicted molar refractivity (Wildman–Crippen MR) is 121 cm³/mol. The number of likely N-dealkylation sites (tertiary alicyclic amines) is 1. The van der Waals surface area contributed by atoms with E-state index < -0.39 is 17.7 Å². The van der Waals surface area contributed by atoms with E-state index >= 15 is 0 Å². The van der Waals surface area contributed by atoms with Crippen LogP contribution in [0.4, 0.5) is 0 Å². The van der Waals surface area contributed by atoms with Crippen molar-refractivity contribution in [2.45, 2.75) is 19.0 Å². The van der Waals surface area contributed by atoms with Gasteiger partial charge in [0, 0.05) is 40.5 Å². The van der Waals surface area contributed by atoms with Crippen LogP contribution in [0.3, 0.4) is 0 Å². The van der Waals surface area contributed by atoms with Gasteiger partial charge in [0.1, 0.15) is 5.76 Å². The molecular weight excluding hydrogens is 482 g/mol. The lowest BCUT2D eigenvalue weighted by atomic mass is 9.95. The zero-order valence-electron chi connectivity index (χ0n) is 16.4. The molecule has 1 aliphatic heterocycles. The van der Waals surface area contributed by atoms with Crippen LogP contribution < -0.4 is 0 Å². The minimum absolute atomic E-state index is 0.0445. The van der Waals surface area contributed by atoms with Gasteiger partial charge in [0.2, 0.25) is 0 Å². The summed E-state index contributed by atoms with van der Waals surface area (Å²) < 4.78 is 2.75. The number of amides is 1. The number of carbonyl (C=O) groups excluding carboxylic acids is 2. The average molecular weight is 501 g/mol. The number of hydrogen-bond acceptors (Lipinski definition) is 4. The molecule has 1 N–H and O–H groups in total. The second kappa shape index (κ2) is 9.08. The summed E-state index contributed by atoms with van der Waals surface area (Å²) in [5.41, 5.74) is 1.10. The van der Waals surface area contributed by atoms with Gasteiger partial charge in [-0.15, -0.1) is 0 Å². The third-order valence-corrected chi connectivity index (χ3v) is 6.10. The Morgan fingerprint density at radius 1 is 1.10 bits per heavy atom. The summed E-state index contributed by atoms with van der Waals surface area (Å²) in [6, 6.07) is 13.2. The molecule has 6 nitrogen and oxygen atoms in total. The lowest BCUT2D eigenvalue weighted by Crippen LogP contribution is -2.31. The van der Waals surface area contributed by atoms with Gasteiger partial charge in [-0.3, -0.25) is 9.59 Å². The van der Waals surface area contributed by atoms with Crippen molar-refractivity contribution in [2.75, 3.05) is 6.54 Å². The van der Waals surface area contributed by atoms with Crippen molar-refractivity contribution >= 4 is 45.0 Å². The van der Waals surface area contributed by atoms with Gasteiger partial charge in [-0.05, 0) is 30.2 Å². The van der Waals surface area contributed by atoms with Crippen LogP contribution in [0.25, 0.3) is 5.76 Å². The summed E-state index contributed by atoms with van der Waals surface area (Å²) in [7, 11) is 0. The van der Waals surface area contributed by atoms with Gasteiger partial charge in [0.15, 0.2) is 0 Å². The Morgan fingerprint density at radius 2 is 1.84 bits per heavy atom. The number of hydrogen-bond donors (Lipinski definition) is 1. The van der Waals surface area contributed by atoms with Crippen molar-refractivity contribution in [1.29, 1.82) is 0 Å². The largest absolute Gasteiger partial charge is 0.507 e. The van der Waals surface area contributed by atoms with Crippen molar-refractivity contribution < 1.29 is 14.7 Å². The van der Waals surface area contributed by atoms with Gasteiger partial charge in [-0.2, -0.15) is 0 Å². The molecule has 2 heterocycles. The monoisotopic (exact) mass is 499 g/mol. The first-order chi connectivity index (χ1) is 15.0. The first-order valence-electron chi connectivity index (χ1n) is 9.72. The molecular formula is C23H19BrClN3O3. The van der Waals surface area contributed by atoms with Crippen molar-refractivity contribution in [3.8, 4) is 0 Å². The van der Waals surface area contributed by atoms with E-state index in [1.54, 1.807) is 61.1 Å². The van der Waals surface area contributed by atoms with E-state index in [2.05, 4.69) is 20.9 Å². The van der Waals surface area contributed by atoms with Crippen LogP contribution in [-0.4, -0.2) is 37.8 Å². The molecule has 3 aromatic rings. The molecule has 0 aliphatic carbocycles. The zero-order valence-corrected chi connectivity index (χ0v) is 18.8. The molecule has 1 amide bonds. The van der Waals surface area contributed by atoms with Crippen LogP contribution in [0.5, 0.6) is 0 Å². The molecule has 0 radical (unpaired) electrons. The number of Topliss-reactive ketones (excluding diaryl/α,β-unsaturated/α-hetero) is 1. The van der Waals surface area contributed by atoms with Crippen LogP contribution in [-0.2, 0) is 16.1 Å². The number of aryl methyl sites for hydroxylation is 1. The maximum atomic E-state index is 13.0. The highest BCUT2D eigenvalue weighted by Gasteiger charge is 2.46. The minimum atomic E-state index is -0.764. The average Bonchev–Trinajstić information content (AvgIpc) is 3.36. The number of aromatic nitrogens is 2. The third kappa shape index (κ3) is 4.29. The number of imidazole rings is 1. The Labute approximate surface area is 192 Å². The summed E-state index contributed by atoms with van der Waals surface area (Å²) in [5.74, 6) is -1.57. The number of aliphatic hydroxyl groups excluding tert-OH is 1. The Kier molecular flexibility index (Phi) is 6.25. The molecule has 1 aliphatic rings. The van der Waals surface area contributed by atoms with Crippen molar-refractivity contribution in [3.63, 3.8) is 0 Å². The lowest BCUT2D eigenvalue weighted by molar-refractivity contribution is -0.139. The zero-order chi connectivity index (χ0) is 22.0. The Bertz CT molecular complexity index is 1140. The van der Waals surface area contributed by atoms with E-state index in [1.807, 2.05) is 10.8 Å². The summed E-state index contributed by atoms with van der Waals surface area (Å²) in [4.78, 5) is 31.5. The van der Waals surface area contributed by atoms with Gasteiger partial charge in [0.05, 0.1) is 17.9 Å². The lowest BCUT2D eigenvalue weighted by Gasteiger charge is -2.26. The Morgan fingerprint density at radius 3 is 2.52 bits per heavy atom. The van der Waals surface area contributed by atoms with Gasteiger partial charge in [-0.25, -0.2) is 4.98 Å². The highest BCUT2D eigenvalue weighted by Crippen LogP contribution is 2.41. The Hall–Kier alpha value is -2.90. The number of ketones is 1.